The van der Waals surface area contributed by atoms with Crippen LogP contribution >= 0.6 is 0 Å². The first-order valence-corrected chi connectivity index (χ1v) is 4.11. The van der Waals surface area contributed by atoms with Gasteiger partial charge in [0.05, 0.1) is 5.60 Å². The van der Waals surface area contributed by atoms with Crippen molar-refractivity contribution in [1.82, 2.24) is 0 Å². The second-order valence-electron chi connectivity index (χ2n) is 3.38. The van der Waals surface area contributed by atoms with Crippen LogP contribution in [-0.2, 0) is 9.53 Å². The minimum absolute atomic E-state index is 0.0249. The predicted octanol–water partition coefficient (Wildman–Crippen LogP) is 2.17. The zero-order valence-electron chi connectivity index (χ0n) is 7.72. The number of methoxy groups -OCH3 is 1. The Morgan fingerprint density at radius 2 is 2.00 bits per heavy atom. The third kappa shape index (κ3) is 6.05. The molecule has 0 N–H and O–H groups in total. The van der Waals surface area contributed by atoms with Crippen molar-refractivity contribution < 1.29 is 9.53 Å². The second-order valence-corrected chi connectivity index (χ2v) is 3.38. The number of aldehydes is 1. The lowest BCUT2D eigenvalue weighted by Crippen LogP contribution is -2.21. The van der Waals surface area contributed by atoms with E-state index in [1.54, 1.807) is 7.11 Å². The quantitative estimate of drug-likeness (QED) is 0.437. The van der Waals surface area contributed by atoms with Gasteiger partial charge in [-0.25, -0.2) is 0 Å². The molecule has 66 valence electrons. The lowest BCUT2D eigenvalue weighted by atomic mass is 10.0. The van der Waals surface area contributed by atoms with E-state index >= 15 is 0 Å². The second kappa shape index (κ2) is 5.30. The highest BCUT2D eigenvalue weighted by molar-refractivity contribution is 5.48. The van der Waals surface area contributed by atoms with Crippen LogP contribution in [-0.4, -0.2) is 19.0 Å². The van der Waals surface area contributed by atoms with Crippen LogP contribution in [0.4, 0.5) is 0 Å². The summed E-state index contributed by atoms with van der Waals surface area (Å²) in [7, 11) is 1.72. The van der Waals surface area contributed by atoms with E-state index in [1.165, 1.54) is 0 Å². The fraction of sp³-hybridized carbons (Fsp3) is 0.889. The molecule has 0 atom stereocenters. The Balaban J connectivity index is 3.29. The number of carbonyl (C=O) groups excluding carboxylic acids is 1. The minimum atomic E-state index is -0.0249. The van der Waals surface area contributed by atoms with Gasteiger partial charge in [0.15, 0.2) is 0 Å². The highest BCUT2D eigenvalue weighted by Crippen LogP contribution is 2.16. The molecule has 2 nitrogen and oxygen atoms in total. The van der Waals surface area contributed by atoms with Gasteiger partial charge in [0.2, 0.25) is 0 Å². The Morgan fingerprint density at radius 1 is 1.36 bits per heavy atom. The van der Waals surface area contributed by atoms with Gasteiger partial charge in [-0.05, 0) is 26.7 Å². The molecule has 0 amide bonds. The van der Waals surface area contributed by atoms with E-state index < -0.39 is 0 Å². The van der Waals surface area contributed by atoms with Gasteiger partial charge < -0.3 is 9.53 Å². The molecule has 0 aliphatic rings. The summed E-state index contributed by atoms with van der Waals surface area (Å²) in [6.07, 6.45) is 4.73. The van der Waals surface area contributed by atoms with Gasteiger partial charge in [0.25, 0.3) is 0 Å². The van der Waals surface area contributed by atoms with Crippen molar-refractivity contribution in [3.05, 3.63) is 0 Å². The highest BCUT2D eigenvalue weighted by Gasteiger charge is 2.14. The fourth-order valence-corrected chi connectivity index (χ4v) is 0.880. The molecule has 11 heavy (non-hydrogen) atoms. The Bertz CT molecular complexity index is 108. The Hall–Kier alpha value is -0.370. The van der Waals surface area contributed by atoms with Gasteiger partial charge in [-0.3, -0.25) is 0 Å². The lowest BCUT2D eigenvalue weighted by Gasteiger charge is -2.22. The van der Waals surface area contributed by atoms with Gasteiger partial charge in [-0.2, -0.15) is 0 Å². The number of rotatable bonds is 6. The molecule has 0 rings (SSSR count). The van der Waals surface area contributed by atoms with Crippen LogP contribution in [0.25, 0.3) is 0 Å². The molecule has 0 radical (unpaired) electrons. The van der Waals surface area contributed by atoms with Gasteiger partial charge in [0, 0.05) is 13.5 Å². The Morgan fingerprint density at radius 3 is 2.45 bits per heavy atom. The monoisotopic (exact) mass is 158 g/mol. The Kier molecular flexibility index (Phi) is 5.12. The molecule has 0 bridgehead atoms. The van der Waals surface area contributed by atoms with E-state index in [0.717, 1.165) is 25.5 Å². The van der Waals surface area contributed by atoms with Crippen molar-refractivity contribution in [3.8, 4) is 0 Å². The number of carbonyl (C=O) groups is 1. The van der Waals surface area contributed by atoms with Gasteiger partial charge >= 0.3 is 0 Å². The Labute approximate surface area is 68.9 Å². The molecule has 0 spiro atoms. The largest absolute Gasteiger partial charge is 0.379 e. The number of hydrogen-bond donors (Lipinski definition) is 0. The van der Waals surface area contributed by atoms with Crippen molar-refractivity contribution in [2.45, 2.75) is 45.1 Å². The van der Waals surface area contributed by atoms with Crippen LogP contribution in [0.5, 0.6) is 0 Å². The van der Waals surface area contributed by atoms with Crippen LogP contribution in [0.1, 0.15) is 39.5 Å². The molecule has 0 aromatic carbocycles. The summed E-state index contributed by atoms with van der Waals surface area (Å²) in [6, 6.07) is 0. The van der Waals surface area contributed by atoms with Crippen molar-refractivity contribution in [1.29, 1.82) is 0 Å². The van der Waals surface area contributed by atoms with Gasteiger partial charge in [-0.1, -0.05) is 6.42 Å². The van der Waals surface area contributed by atoms with Crippen molar-refractivity contribution in [2.75, 3.05) is 7.11 Å². The van der Waals surface area contributed by atoms with E-state index in [1.807, 2.05) is 0 Å². The maximum absolute atomic E-state index is 9.97. The summed E-state index contributed by atoms with van der Waals surface area (Å²) in [5.74, 6) is 0. The summed E-state index contributed by atoms with van der Waals surface area (Å²) >= 11 is 0. The zero-order valence-corrected chi connectivity index (χ0v) is 7.72. The molecule has 0 aromatic heterocycles. The fourth-order valence-electron chi connectivity index (χ4n) is 0.880. The first-order chi connectivity index (χ1) is 5.12. The third-order valence-corrected chi connectivity index (χ3v) is 1.90. The minimum Gasteiger partial charge on any atom is -0.379 e. The number of hydrogen-bond acceptors (Lipinski definition) is 2. The van der Waals surface area contributed by atoms with Crippen molar-refractivity contribution >= 4 is 6.29 Å². The molecule has 0 saturated carbocycles. The molecule has 0 aliphatic carbocycles. The van der Waals surface area contributed by atoms with Gasteiger partial charge in [0.1, 0.15) is 6.29 Å². The van der Waals surface area contributed by atoms with E-state index in [0.29, 0.717) is 6.42 Å². The summed E-state index contributed by atoms with van der Waals surface area (Å²) in [5.41, 5.74) is -0.0249. The molecule has 0 aliphatic heterocycles. The molecule has 0 aromatic rings. The van der Waals surface area contributed by atoms with Crippen molar-refractivity contribution in [2.24, 2.45) is 0 Å². The maximum Gasteiger partial charge on any atom is 0.119 e. The number of ether oxygens (including phenoxy) is 1. The molecule has 0 unspecified atom stereocenters. The zero-order chi connectivity index (χ0) is 8.74. The molecule has 0 fully saturated rings. The van der Waals surface area contributed by atoms with E-state index in [9.17, 15) is 4.79 Å². The lowest BCUT2D eigenvalue weighted by molar-refractivity contribution is -0.108. The van der Waals surface area contributed by atoms with Crippen LogP contribution in [0.3, 0.4) is 0 Å². The molecule has 2 heteroatoms. The third-order valence-electron chi connectivity index (χ3n) is 1.90. The summed E-state index contributed by atoms with van der Waals surface area (Å²) in [5, 5.41) is 0. The summed E-state index contributed by atoms with van der Waals surface area (Å²) in [6.45, 7) is 4.13. The topological polar surface area (TPSA) is 26.3 Å². The van der Waals surface area contributed by atoms with Crippen LogP contribution in [0.2, 0.25) is 0 Å². The van der Waals surface area contributed by atoms with E-state index in [4.69, 9.17) is 4.74 Å². The highest BCUT2D eigenvalue weighted by atomic mass is 16.5. The van der Waals surface area contributed by atoms with E-state index in [2.05, 4.69) is 13.8 Å². The van der Waals surface area contributed by atoms with Crippen LogP contribution in [0, 0.1) is 0 Å². The van der Waals surface area contributed by atoms with E-state index in [-0.39, 0.29) is 5.60 Å². The molecular weight excluding hydrogens is 140 g/mol. The molecular formula is C9H18O2. The summed E-state index contributed by atoms with van der Waals surface area (Å²) in [4.78, 5) is 9.97. The smallest absolute Gasteiger partial charge is 0.119 e. The summed E-state index contributed by atoms with van der Waals surface area (Å²) < 4.78 is 5.23. The van der Waals surface area contributed by atoms with Gasteiger partial charge in [-0.15, -0.1) is 0 Å². The maximum atomic E-state index is 9.97. The molecule has 0 heterocycles. The van der Waals surface area contributed by atoms with Crippen LogP contribution in [0.15, 0.2) is 0 Å². The average molecular weight is 158 g/mol. The predicted molar refractivity (Wildman–Crippen MR) is 45.6 cm³/mol. The first-order valence-electron chi connectivity index (χ1n) is 4.11. The van der Waals surface area contributed by atoms with Crippen LogP contribution < -0.4 is 0 Å². The average Bonchev–Trinajstić information content (AvgIpc) is 1.99. The van der Waals surface area contributed by atoms with Crippen molar-refractivity contribution in [3.63, 3.8) is 0 Å². The molecule has 0 saturated heterocycles. The first kappa shape index (κ1) is 10.6. The SMILES string of the molecule is COC(C)(C)CCCCC=O. The standard InChI is InChI=1S/C9H18O2/c1-9(2,11-3)7-5-4-6-8-10/h8H,4-7H2,1-3H3. The normalized spacial score (nSPS) is 11.5. The number of unbranched alkanes of at least 4 members (excludes halogenated alkanes) is 2.